The van der Waals surface area contributed by atoms with Crippen LogP contribution in [0.5, 0.6) is 0 Å². The van der Waals surface area contributed by atoms with Crippen LogP contribution in [0, 0.1) is 0 Å². The third-order valence-corrected chi connectivity index (χ3v) is 0.686. The van der Waals surface area contributed by atoms with E-state index in [2.05, 4.69) is 4.99 Å². The molecule has 12 heavy (non-hydrogen) atoms. The van der Waals surface area contributed by atoms with Crippen molar-refractivity contribution in [3.8, 4) is 0 Å². The van der Waals surface area contributed by atoms with Crippen molar-refractivity contribution in [1.82, 2.24) is 0 Å². The standard InChI is InChI=1S/C4H7NO.3C2H6/c1-3-6-4-2-5-1;3*1-2/h1H,2-4H2;3*1-2H3. The normalized spacial score (nSPS) is 12.2. The zero-order chi connectivity index (χ0) is 10.2. The Balaban J connectivity index is -0.000000117. The maximum Gasteiger partial charge on any atom is 0.0815 e. The molecule has 1 aliphatic heterocycles. The van der Waals surface area contributed by atoms with E-state index in [-0.39, 0.29) is 0 Å². The lowest BCUT2D eigenvalue weighted by molar-refractivity contribution is 0.174. The largest absolute Gasteiger partial charge is 0.374 e. The fourth-order valence-corrected chi connectivity index (χ4v) is 0.397. The quantitative estimate of drug-likeness (QED) is 0.554. The Morgan fingerprint density at radius 3 is 1.58 bits per heavy atom. The molecule has 0 aromatic heterocycles. The minimum Gasteiger partial charge on any atom is -0.374 e. The molecule has 1 rings (SSSR count). The second-order valence-electron chi connectivity index (χ2n) is 1.16. The topological polar surface area (TPSA) is 21.6 Å². The van der Waals surface area contributed by atoms with Crippen LogP contribution in [0.2, 0.25) is 0 Å². The van der Waals surface area contributed by atoms with Crippen molar-refractivity contribution in [2.75, 3.05) is 19.8 Å². The summed E-state index contributed by atoms with van der Waals surface area (Å²) in [6.45, 7) is 14.4. The van der Waals surface area contributed by atoms with Gasteiger partial charge in [-0.25, -0.2) is 0 Å². The summed E-state index contributed by atoms with van der Waals surface area (Å²) in [5.41, 5.74) is 0. The van der Waals surface area contributed by atoms with E-state index < -0.39 is 0 Å². The van der Waals surface area contributed by atoms with Crippen LogP contribution in [0.3, 0.4) is 0 Å². The van der Waals surface area contributed by atoms with E-state index in [1.807, 2.05) is 41.5 Å². The number of hydrogen-bond donors (Lipinski definition) is 0. The van der Waals surface area contributed by atoms with Crippen molar-refractivity contribution in [3.63, 3.8) is 0 Å². The third kappa shape index (κ3) is 22.6. The summed E-state index contributed by atoms with van der Waals surface area (Å²) in [6.07, 6.45) is 1.80. The van der Waals surface area contributed by atoms with Crippen molar-refractivity contribution in [3.05, 3.63) is 0 Å². The number of ether oxygens (including phenoxy) is 1. The molecule has 1 heterocycles. The zero-order valence-electron chi connectivity index (χ0n) is 9.55. The first kappa shape index (κ1) is 17.6. The summed E-state index contributed by atoms with van der Waals surface area (Å²) in [6, 6.07) is 0. The molecule has 0 spiro atoms. The first-order chi connectivity index (χ1) is 6.00. The predicted octanol–water partition coefficient (Wildman–Crippen LogP) is 3.17. The van der Waals surface area contributed by atoms with Crippen LogP contribution < -0.4 is 0 Å². The average Bonchev–Trinajstić information content (AvgIpc) is 2.29. The van der Waals surface area contributed by atoms with Gasteiger partial charge in [0.1, 0.15) is 0 Å². The van der Waals surface area contributed by atoms with E-state index in [1.165, 1.54) is 0 Å². The minimum atomic E-state index is 0.708. The Labute approximate surface area is 78.0 Å². The molecule has 0 saturated heterocycles. The molecule has 0 aromatic rings. The Morgan fingerprint density at radius 2 is 1.50 bits per heavy atom. The number of hydrogen-bond acceptors (Lipinski definition) is 2. The average molecular weight is 175 g/mol. The summed E-state index contributed by atoms with van der Waals surface area (Å²) in [5, 5.41) is 0. The van der Waals surface area contributed by atoms with Gasteiger partial charge in [-0.15, -0.1) is 0 Å². The van der Waals surface area contributed by atoms with Gasteiger partial charge in [-0.2, -0.15) is 0 Å². The van der Waals surface area contributed by atoms with E-state index in [4.69, 9.17) is 4.74 Å². The smallest absolute Gasteiger partial charge is 0.0815 e. The van der Waals surface area contributed by atoms with Gasteiger partial charge in [-0.1, -0.05) is 41.5 Å². The Kier molecular flexibility index (Phi) is 45.7. The van der Waals surface area contributed by atoms with E-state index in [1.54, 1.807) is 6.21 Å². The van der Waals surface area contributed by atoms with E-state index in [0.29, 0.717) is 6.61 Å². The number of aliphatic imine (C=N–C) groups is 1. The molecule has 0 saturated carbocycles. The Hall–Kier alpha value is -0.370. The van der Waals surface area contributed by atoms with Crippen molar-refractivity contribution in [2.45, 2.75) is 41.5 Å². The van der Waals surface area contributed by atoms with Crippen LogP contribution >= 0.6 is 0 Å². The molecule has 0 unspecified atom stereocenters. The van der Waals surface area contributed by atoms with Crippen molar-refractivity contribution >= 4 is 6.21 Å². The van der Waals surface area contributed by atoms with Gasteiger partial charge in [0.2, 0.25) is 0 Å². The van der Waals surface area contributed by atoms with Gasteiger partial charge >= 0.3 is 0 Å². The molecule has 0 atom stereocenters. The lowest BCUT2D eigenvalue weighted by atomic mass is 10.6. The molecule has 0 bridgehead atoms. The highest BCUT2D eigenvalue weighted by molar-refractivity contribution is 5.58. The van der Waals surface area contributed by atoms with Gasteiger partial charge < -0.3 is 4.74 Å². The number of rotatable bonds is 0. The van der Waals surface area contributed by atoms with Crippen LogP contribution in [0.4, 0.5) is 0 Å². The molecule has 0 N–H and O–H groups in total. The summed E-state index contributed by atoms with van der Waals surface area (Å²) in [5.74, 6) is 0. The molecular formula is C10H25NO. The Morgan fingerprint density at radius 1 is 1.00 bits per heavy atom. The van der Waals surface area contributed by atoms with Crippen molar-refractivity contribution < 1.29 is 4.74 Å². The van der Waals surface area contributed by atoms with E-state index in [9.17, 15) is 0 Å². The van der Waals surface area contributed by atoms with E-state index >= 15 is 0 Å². The molecule has 2 nitrogen and oxygen atoms in total. The van der Waals surface area contributed by atoms with Crippen LogP contribution in [0.25, 0.3) is 0 Å². The van der Waals surface area contributed by atoms with Crippen LogP contribution in [-0.4, -0.2) is 26.0 Å². The molecule has 2 heteroatoms. The summed E-state index contributed by atoms with van der Waals surface area (Å²) >= 11 is 0. The first-order valence-corrected chi connectivity index (χ1v) is 5.06. The molecular weight excluding hydrogens is 150 g/mol. The van der Waals surface area contributed by atoms with Gasteiger partial charge in [0, 0.05) is 6.21 Å². The first-order valence-electron chi connectivity index (χ1n) is 5.06. The van der Waals surface area contributed by atoms with Crippen LogP contribution in [0.15, 0.2) is 4.99 Å². The molecule has 0 aliphatic carbocycles. The van der Waals surface area contributed by atoms with Gasteiger partial charge in [0.05, 0.1) is 19.8 Å². The number of nitrogens with zero attached hydrogens (tertiary/aromatic N) is 1. The second kappa shape index (κ2) is 31.1. The Bertz CT molecular complexity index is 54.9. The van der Waals surface area contributed by atoms with Crippen LogP contribution in [0.1, 0.15) is 41.5 Å². The highest BCUT2D eigenvalue weighted by Gasteiger charge is 1.86. The van der Waals surface area contributed by atoms with Crippen molar-refractivity contribution in [1.29, 1.82) is 0 Å². The molecule has 0 amide bonds. The molecule has 1 aliphatic rings. The van der Waals surface area contributed by atoms with Gasteiger partial charge in [-0.05, 0) is 0 Å². The summed E-state index contributed by atoms with van der Waals surface area (Å²) < 4.78 is 4.92. The predicted molar refractivity (Wildman–Crippen MR) is 58.2 cm³/mol. The SMILES string of the molecule is C1=NCCOC1.CC.CC.CC. The fraction of sp³-hybridized carbons (Fsp3) is 0.900. The second-order valence-corrected chi connectivity index (χ2v) is 1.16. The van der Waals surface area contributed by atoms with Gasteiger partial charge in [0.15, 0.2) is 0 Å². The summed E-state index contributed by atoms with van der Waals surface area (Å²) in [7, 11) is 0. The molecule has 76 valence electrons. The minimum absolute atomic E-state index is 0.708. The molecule has 0 radical (unpaired) electrons. The zero-order valence-corrected chi connectivity index (χ0v) is 9.55. The monoisotopic (exact) mass is 175 g/mol. The molecule has 0 aromatic carbocycles. The van der Waals surface area contributed by atoms with Gasteiger partial charge in [-0.3, -0.25) is 4.99 Å². The lowest BCUT2D eigenvalue weighted by Gasteiger charge is -2.00. The van der Waals surface area contributed by atoms with E-state index in [0.717, 1.165) is 13.2 Å². The highest BCUT2D eigenvalue weighted by atomic mass is 16.5. The van der Waals surface area contributed by atoms with Crippen molar-refractivity contribution in [2.24, 2.45) is 4.99 Å². The third-order valence-electron chi connectivity index (χ3n) is 0.686. The molecule has 0 fully saturated rings. The summed E-state index contributed by atoms with van der Waals surface area (Å²) in [4.78, 5) is 3.93. The van der Waals surface area contributed by atoms with Crippen LogP contribution in [-0.2, 0) is 4.74 Å². The van der Waals surface area contributed by atoms with Gasteiger partial charge in [0.25, 0.3) is 0 Å². The maximum atomic E-state index is 4.92. The fourth-order valence-electron chi connectivity index (χ4n) is 0.397. The lowest BCUT2D eigenvalue weighted by Crippen LogP contribution is -2.06. The highest BCUT2D eigenvalue weighted by Crippen LogP contribution is 1.79. The maximum absolute atomic E-state index is 4.92.